The van der Waals surface area contributed by atoms with Crippen LogP contribution in [0.3, 0.4) is 0 Å². The second kappa shape index (κ2) is 7.08. The lowest BCUT2D eigenvalue weighted by Gasteiger charge is -2.37. The first-order chi connectivity index (χ1) is 13.8. The third kappa shape index (κ3) is 2.93. The first kappa shape index (κ1) is 16.9. The molecule has 0 spiro atoms. The van der Waals surface area contributed by atoms with Gasteiger partial charge in [0.25, 0.3) is 5.91 Å². The highest BCUT2D eigenvalue weighted by Gasteiger charge is 2.33. The number of hydrogen-bond donors (Lipinski definition) is 0. The molecule has 5 nitrogen and oxygen atoms in total. The number of carbonyl (C=O) groups is 1. The Labute approximate surface area is 164 Å². The summed E-state index contributed by atoms with van der Waals surface area (Å²) in [5, 5.41) is 0. The van der Waals surface area contributed by atoms with E-state index >= 15 is 0 Å². The van der Waals surface area contributed by atoms with E-state index in [9.17, 15) is 4.79 Å². The lowest BCUT2D eigenvalue weighted by Crippen LogP contribution is -2.42. The van der Waals surface area contributed by atoms with Gasteiger partial charge in [-0.3, -0.25) is 4.79 Å². The van der Waals surface area contributed by atoms with Crippen molar-refractivity contribution < 1.29 is 14.3 Å². The van der Waals surface area contributed by atoms with Crippen LogP contribution in [0.1, 0.15) is 34.1 Å². The van der Waals surface area contributed by atoms with Crippen LogP contribution in [0.25, 0.3) is 0 Å². The number of amides is 1. The molecule has 3 heterocycles. The molecule has 0 radical (unpaired) electrons. The van der Waals surface area contributed by atoms with Gasteiger partial charge in [0.1, 0.15) is 0 Å². The number of ether oxygens (including phenoxy) is 2. The Morgan fingerprint density at radius 3 is 2.57 bits per heavy atom. The summed E-state index contributed by atoms with van der Waals surface area (Å²) < 4.78 is 13.7. The van der Waals surface area contributed by atoms with E-state index in [1.54, 1.807) is 0 Å². The van der Waals surface area contributed by atoms with Gasteiger partial charge in [0.2, 0.25) is 0 Å². The summed E-state index contributed by atoms with van der Waals surface area (Å²) >= 11 is 0. The van der Waals surface area contributed by atoms with Gasteiger partial charge in [0, 0.05) is 37.0 Å². The molecule has 28 heavy (non-hydrogen) atoms. The molecule has 0 saturated heterocycles. The van der Waals surface area contributed by atoms with Crippen LogP contribution in [0, 0.1) is 0 Å². The molecule has 1 amide bonds. The van der Waals surface area contributed by atoms with Gasteiger partial charge in [-0.2, -0.15) is 0 Å². The van der Waals surface area contributed by atoms with Crippen LogP contribution in [-0.4, -0.2) is 35.1 Å². The minimum Gasteiger partial charge on any atom is -0.490 e. The fourth-order valence-corrected chi connectivity index (χ4v) is 4.05. The zero-order chi connectivity index (χ0) is 18.9. The van der Waals surface area contributed by atoms with E-state index in [2.05, 4.69) is 29.0 Å². The molecular weight excluding hydrogens is 352 g/mol. The van der Waals surface area contributed by atoms with Gasteiger partial charge < -0.3 is 18.9 Å². The van der Waals surface area contributed by atoms with Gasteiger partial charge in [0.15, 0.2) is 11.5 Å². The number of aromatic nitrogens is 1. The summed E-state index contributed by atoms with van der Waals surface area (Å²) in [7, 11) is 0. The van der Waals surface area contributed by atoms with Crippen molar-refractivity contribution in [2.24, 2.45) is 0 Å². The number of benzene rings is 2. The Hall–Kier alpha value is -3.21. The van der Waals surface area contributed by atoms with Crippen molar-refractivity contribution in [1.29, 1.82) is 0 Å². The van der Waals surface area contributed by atoms with Gasteiger partial charge in [-0.1, -0.05) is 30.3 Å². The minimum absolute atomic E-state index is 0.0111. The maximum absolute atomic E-state index is 13.5. The van der Waals surface area contributed by atoms with Crippen molar-refractivity contribution in [2.75, 3.05) is 19.8 Å². The molecule has 2 aromatic carbocycles. The van der Waals surface area contributed by atoms with Crippen LogP contribution < -0.4 is 9.47 Å². The normalized spacial score (nSPS) is 18.3. The smallest absolute Gasteiger partial charge is 0.254 e. The maximum Gasteiger partial charge on any atom is 0.254 e. The van der Waals surface area contributed by atoms with Gasteiger partial charge >= 0.3 is 0 Å². The van der Waals surface area contributed by atoms with E-state index in [-0.39, 0.29) is 11.9 Å². The van der Waals surface area contributed by atoms with Gasteiger partial charge in [-0.05, 0) is 35.9 Å². The Morgan fingerprint density at radius 2 is 1.71 bits per heavy atom. The first-order valence-corrected chi connectivity index (χ1v) is 9.72. The van der Waals surface area contributed by atoms with E-state index < -0.39 is 0 Å². The molecular formula is C23H22N2O3. The molecule has 0 N–H and O–H groups in total. The fourth-order valence-electron chi connectivity index (χ4n) is 4.05. The number of hydrogen-bond acceptors (Lipinski definition) is 3. The van der Waals surface area contributed by atoms with E-state index in [1.165, 1.54) is 0 Å². The third-order valence-corrected chi connectivity index (χ3v) is 5.41. The summed E-state index contributed by atoms with van der Waals surface area (Å²) in [5.74, 6) is 1.37. The molecule has 1 aromatic heterocycles. The monoisotopic (exact) mass is 374 g/mol. The highest BCUT2D eigenvalue weighted by Crippen LogP contribution is 2.35. The van der Waals surface area contributed by atoms with Crippen LogP contribution in [-0.2, 0) is 6.54 Å². The number of fused-ring (bicyclic) bond motifs is 2. The highest BCUT2D eigenvalue weighted by atomic mass is 16.5. The molecule has 0 unspecified atom stereocenters. The van der Waals surface area contributed by atoms with Gasteiger partial charge in [-0.15, -0.1) is 0 Å². The van der Waals surface area contributed by atoms with Crippen molar-refractivity contribution in [1.82, 2.24) is 9.47 Å². The van der Waals surface area contributed by atoms with Crippen molar-refractivity contribution >= 4 is 5.91 Å². The average Bonchev–Trinajstić information content (AvgIpc) is 3.10. The zero-order valence-electron chi connectivity index (χ0n) is 15.6. The van der Waals surface area contributed by atoms with Crippen molar-refractivity contribution in [3.63, 3.8) is 0 Å². The third-order valence-electron chi connectivity index (χ3n) is 5.41. The molecule has 0 aliphatic carbocycles. The van der Waals surface area contributed by atoms with E-state index in [0.29, 0.717) is 36.8 Å². The molecule has 5 rings (SSSR count). The topological polar surface area (TPSA) is 43.7 Å². The number of carbonyl (C=O) groups excluding carboxylic acids is 1. The Balaban J connectivity index is 1.52. The van der Waals surface area contributed by atoms with Crippen LogP contribution in [0.15, 0.2) is 66.9 Å². The van der Waals surface area contributed by atoms with Crippen molar-refractivity contribution in [3.8, 4) is 11.5 Å². The van der Waals surface area contributed by atoms with Crippen LogP contribution in [0.2, 0.25) is 0 Å². The van der Waals surface area contributed by atoms with Gasteiger partial charge in [-0.25, -0.2) is 0 Å². The lowest BCUT2D eigenvalue weighted by molar-refractivity contribution is 0.0663. The predicted octanol–water partition coefficient (Wildman–Crippen LogP) is 3.89. The Kier molecular flexibility index (Phi) is 4.28. The van der Waals surface area contributed by atoms with Crippen LogP contribution in [0.4, 0.5) is 0 Å². The standard InChI is InChI=1S/C23H22N2O3/c26-23(18-9-10-20-21(16-18)28-15-5-14-27-20)25-13-12-24-11-4-8-19(24)22(25)17-6-2-1-3-7-17/h1-4,6-11,16,22H,5,12-15H2/t22-/m0/s1. The molecule has 3 aromatic rings. The predicted molar refractivity (Wildman–Crippen MR) is 106 cm³/mol. The summed E-state index contributed by atoms with van der Waals surface area (Å²) in [6, 6.07) is 19.8. The summed E-state index contributed by atoms with van der Waals surface area (Å²) in [6.45, 7) is 2.70. The molecule has 1 atom stereocenters. The lowest BCUT2D eigenvalue weighted by atomic mass is 9.99. The van der Waals surface area contributed by atoms with Crippen molar-refractivity contribution in [2.45, 2.75) is 19.0 Å². The minimum atomic E-state index is -0.103. The van der Waals surface area contributed by atoms with Gasteiger partial charge in [0.05, 0.1) is 19.3 Å². The van der Waals surface area contributed by atoms with E-state index in [0.717, 1.165) is 24.2 Å². The molecule has 0 saturated carbocycles. The Bertz CT molecular complexity index is 996. The summed E-state index contributed by atoms with van der Waals surface area (Å²) in [6.07, 6.45) is 2.93. The fraction of sp³-hybridized carbons (Fsp3) is 0.261. The molecule has 142 valence electrons. The molecule has 2 aliphatic heterocycles. The summed E-state index contributed by atoms with van der Waals surface area (Å²) in [4.78, 5) is 15.5. The van der Waals surface area contributed by atoms with E-state index in [1.807, 2.05) is 47.4 Å². The van der Waals surface area contributed by atoms with Crippen LogP contribution in [0.5, 0.6) is 11.5 Å². The average molecular weight is 374 g/mol. The SMILES string of the molecule is O=C(c1ccc2c(c1)OCCCO2)N1CCn2cccc2[C@@H]1c1ccccc1. The number of nitrogens with zero attached hydrogens (tertiary/aromatic N) is 2. The second-order valence-electron chi connectivity index (χ2n) is 7.15. The maximum atomic E-state index is 13.5. The largest absolute Gasteiger partial charge is 0.490 e. The first-order valence-electron chi connectivity index (χ1n) is 9.72. The second-order valence-corrected chi connectivity index (χ2v) is 7.15. The zero-order valence-corrected chi connectivity index (χ0v) is 15.6. The molecule has 2 aliphatic rings. The van der Waals surface area contributed by atoms with Crippen LogP contribution >= 0.6 is 0 Å². The van der Waals surface area contributed by atoms with E-state index in [4.69, 9.17) is 9.47 Å². The summed E-state index contributed by atoms with van der Waals surface area (Å²) in [5.41, 5.74) is 2.88. The quantitative estimate of drug-likeness (QED) is 0.683. The highest BCUT2D eigenvalue weighted by molar-refractivity contribution is 5.95. The molecule has 5 heteroatoms. The Morgan fingerprint density at radius 1 is 0.893 bits per heavy atom. The molecule has 0 fully saturated rings. The number of rotatable bonds is 2. The molecule has 0 bridgehead atoms. The van der Waals surface area contributed by atoms with Crippen molar-refractivity contribution in [3.05, 3.63) is 83.7 Å².